The molecule has 0 aromatic carbocycles. The molecule has 0 fully saturated rings. The Bertz CT molecular complexity index is 133. The summed E-state index contributed by atoms with van der Waals surface area (Å²) in [6, 6.07) is 0. The fourth-order valence-electron chi connectivity index (χ4n) is 0.116. The first-order chi connectivity index (χ1) is 3.89. The van der Waals surface area contributed by atoms with Crippen molar-refractivity contribution in [1.82, 2.24) is 0 Å². The van der Waals surface area contributed by atoms with Gasteiger partial charge in [0, 0.05) is 4.48 Å². The van der Waals surface area contributed by atoms with E-state index in [2.05, 4.69) is 22.5 Å². The molecular formula is C6H9BrO2. The smallest absolute Gasteiger partial charge is 0.314 e. The molecule has 0 heterocycles. The van der Waals surface area contributed by atoms with Gasteiger partial charge in [-0.25, -0.2) is 0 Å². The highest BCUT2D eigenvalue weighted by Crippen LogP contribution is 2.29. The Morgan fingerprint density at radius 1 is 1.67 bits per heavy atom. The summed E-state index contributed by atoms with van der Waals surface area (Å²) < 4.78 is 0.488. The van der Waals surface area contributed by atoms with Gasteiger partial charge in [-0.2, -0.15) is 0 Å². The van der Waals surface area contributed by atoms with Crippen molar-refractivity contribution in [2.24, 2.45) is 5.41 Å². The predicted octanol–water partition coefficient (Wildman–Crippen LogP) is 2.01. The monoisotopic (exact) mass is 192 g/mol. The Hall–Kier alpha value is -0.310. The van der Waals surface area contributed by atoms with Crippen LogP contribution in [-0.4, -0.2) is 11.1 Å². The van der Waals surface area contributed by atoms with Crippen molar-refractivity contribution in [3.8, 4) is 0 Å². The quantitative estimate of drug-likeness (QED) is 0.728. The Kier molecular flexibility index (Phi) is 2.43. The minimum Gasteiger partial charge on any atom is -0.481 e. The number of halogens is 1. The zero-order valence-corrected chi connectivity index (χ0v) is 7.03. The fourth-order valence-corrected chi connectivity index (χ4v) is 0.286. The van der Waals surface area contributed by atoms with E-state index in [1.54, 1.807) is 13.8 Å². The maximum atomic E-state index is 10.4. The van der Waals surface area contributed by atoms with Crippen molar-refractivity contribution in [3.63, 3.8) is 0 Å². The summed E-state index contributed by atoms with van der Waals surface area (Å²) in [5.41, 5.74) is -0.861. The molecule has 0 aliphatic carbocycles. The van der Waals surface area contributed by atoms with Gasteiger partial charge >= 0.3 is 5.97 Å². The van der Waals surface area contributed by atoms with Gasteiger partial charge in [-0.15, -0.1) is 0 Å². The normalized spacial score (nSPS) is 11.0. The van der Waals surface area contributed by atoms with Crippen LogP contribution in [0.4, 0.5) is 0 Å². The molecule has 0 rings (SSSR count). The van der Waals surface area contributed by atoms with Gasteiger partial charge in [-0.05, 0) is 13.8 Å². The lowest BCUT2D eigenvalue weighted by atomic mass is 9.94. The second-order valence-corrected chi connectivity index (χ2v) is 3.29. The number of aliphatic carboxylic acids is 1. The maximum Gasteiger partial charge on any atom is 0.314 e. The van der Waals surface area contributed by atoms with E-state index in [-0.39, 0.29) is 0 Å². The first kappa shape index (κ1) is 8.69. The molecule has 0 aliphatic heterocycles. The Morgan fingerprint density at radius 3 is 2.00 bits per heavy atom. The lowest BCUT2D eigenvalue weighted by Crippen LogP contribution is -2.22. The molecule has 9 heavy (non-hydrogen) atoms. The average molecular weight is 193 g/mol. The Balaban J connectivity index is 4.38. The van der Waals surface area contributed by atoms with Gasteiger partial charge in [0.2, 0.25) is 0 Å². The Labute approximate surface area is 62.7 Å². The zero-order chi connectivity index (χ0) is 7.65. The van der Waals surface area contributed by atoms with Gasteiger partial charge in [0.1, 0.15) is 0 Å². The number of carbonyl (C=O) groups is 1. The molecule has 1 N–H and O–H groups in total. The summed E-state index contributed by atoms with van der Waals surface area (Å²) in [6.07, 6.45) is 0. The van der Waals surface area contributed by atoms with Crippen LogP contribution in [0.15, 0.2) is 11.1 Å². The van der Waals surface area contributed by atoms with Crippen LogP contribution in [0.5, 0.6) is 0 Å². The summed E-state index contributed by atoms with van der Waals surface area (Å²) in [7, 11) is 0. The summed E-state index contributed by atoms with van der Waals surface area (Å²) >= 11 is 3.02. The third-order valence-corrected chi connectivity index (χ3v) is 2.20. The lowest BCUT2D eigenvalue weighted by molar-refractivity contribution is -0.144. The molecule has 0 saturated heterocycles. The van der Waals surface area contributed by atoms with Crippen LogP contribution < -0.4 is 0 Å². The third-order valence-electron chi connectivity index (χ3n) is 1.21. The number of carboxylic acid groups (broad SMARTS) is 1. The molecule has 0 aromatic heterocycles. The van der Waals surface area contributed by atoms with E-state index in [0.29, 0.717) is 4.48 Å². The zero-order valence-electron chi connectivity index (χ0n) is 5.44. The first-order valence-corrected chi connectivity index (χ1v) is 3.26. The summed E-state index contributed by atoms with van der Waals surface area (Å²) in [5, 5.41) is 8.52. The van der Waals surface area contributed by atoms with Crippen LogP contribution in [0, 0.1) is 5.41 Å². The molecular weight excluding hydrogens is 184 g/mol. The number of hydrogen-bond acceptors (Lipinski definition) is 1. The van der Waals surface area contributed by atoms with E-state index in [9.17, 15) is 4.79 Å². The van der Waals surface area contributed by atoms with Crippen LogP contribution >= 0.6 is 15.9 Å². The average Bonchev–Trinajstić information content (AvgIpc) is 1.65. The highest BCUT2D eigenvalue weighted by molar-refractivity contribution is 9.11. The van der Waals surface area contributed by atoms with E-state index in [4.69, 9.17) is 5.11 Å². The van der Waals surface area contributed by atoms with Gasteiger partial charge in [0.05, 0.1) is 5.41 Å². The molecule has 0 bridgehead atoms. The second-order valence-electron chi connectivity index (χ2n) is 2.34. The molecule has 0 atom stereocenters. The molecule has 0 saturated carbocycles. The third kappa shape index (κ3) is 1.82. The molecule has 0 aromatic rings. The van der Waals surface area contributed by atoms with E-state index < -0.39 is 11.4 Å². The van der Waals surface area contributed by atoms with E-state index in [0.717, 1.165) is 0 Å². The number of rotatable bonds is 2. The van der Waals surface area contributed by atoms with Gasteiger partial charge in [0.25, 0.3) is 0 Å². The summed E-state index contributed by atoms with van der Waals surface area (Å²) in [4.78, 5) is 10.4. The SMILES string of the molecule is C=C(Br)C(C)(C)C(=O)O. The summed E-state index contributed by atoms with van der Waals surface area (Å²) in [5.74, 6) is -0.871. The molecule has 2 nitrogen and oxygen atoms in total. The van der Waals surface area contributed by atoms with Crippen molar-refractivity contribution < 1.29 is 9.90 Å². The number of hydrogen-bond donors (Lipinski definition) is 1. The van der Waals surface area contributed by atoms with Crippen LogP contribution in [0.3, 0.4) is 0 Å². The largest absolute Gasteiger partial charge is 0.481 e. The highest BCUT2D eigenvalue weighted by atomic mass is 79.9. The lowest BCUT2D eigenvalue weighted by Gasteiger charge is -2.16. The van der Waals surface area contributed by atoms with Crippen LogP contribution in [0.1, 0.15) is 13.8 Å². The fraction of sp³-hybridized carbons (Fsp3) is 0.500. The van der Waals surface area contributed by atoms with Gasteiger partial charge in [-0.3, -0.25) is 4.79 Å². The number of carboxylic acids is 1. The predicted molar refractivity (Wildman–Crippen MR) is 39.5 cm³/mol. The molecule has 0 amide bonds. The van der Waals surface area contributed by atoms with Gasteiger partial charge < -0.3 is 5.11 Å². The Morgan fingerprint density at radius 2 is 2.00 bits per heavy atom. The molecule has 0 unspecified atom stereocenters. The van der Waals surface area contributed by atoms with Crippen LogP contribution in [-0.2, 0) is 4.79 Å². The van der Waals surface area contributed by atoms with E-state index in [1.807, 2.05) is 0 Å². The molecule has 0 aliphatic rings. The minimum absolute atomic E-state index is 0.488. The van der Waals surface area contributed by atoms with Crippen molar-refractivity contribution in [2.45, 2.75) is 13.8 Å². The molecule has 3 heteroatoms. The van der Waals surface area contributed by atoms with E-state index >= 15 is 0 Å². The van der Waals surface area contributed by atoms with Crippen molar-refractivity contribution >= 4 is 21.9 Å². The molecule has 52 valence electrons. The standard InChI is InChI=1S/C6H9BrO2/c1-4(7)6(2,3)5(8)9/h1H2,2-3H3,(H,8,9). The van der Waals surface area contributed by atoms with Gasteiger partial charge in [0.15, 0.2) is 0 Å². The van der Waals surface area contributed by atoms with Crippen LogP contribution in [0.2, 0.25) is 0 Å². The molecule has 0 spiro atoms. The van der Waals surface area contributed by atoms with E-state index in [1.165, 1.54) is 0 Å². The minimum atomic E-state index is -0.871. The van der Waals surface area contributed by atoms with Gasteiger partial charge in [-0.1, -0.05) is 22.5 Å². The summed E-state index contributed by atoms with van der Waals surface area (Å²) in [6.45, 7) is 6.66. The maximum absolute atomic E-state index is 10.4. The topological polar surface area (TPSA) is 37.3 Å². The second kappa shape index (κ2) is 2.52. The molecule has 0 radical (unpaired) electrons. The highest BCUT2D eigenvalue weighted by Gasteiger charge is 2.28. The first-order valence-electron chi connectivity index (χ1n) is 2.47. The van der Waals surface area contributed by atoms with Crippen molar-refractivity contribution in [1.29, 1.82) is 0 Å². The van der Waals surface area contributed by atoms with Crippen molar-refractivity contribution in [3.05, 3.63) is 11.1 Å². The van der Waals surface area contributed by atoms with Crippen molar-refractivity contribution in [2.75, 3.05) is 0 Å². The van der Waals surface area contributed by atoms with Crippen LogP contribution in [0.25, 0.3) is 0 Å².